The second kappa shape index (κ2) is 19.0. The number of anilines is 7. The monoisotopic (exact) mass is 888 g/mol. The molecule has 5 N–H and O–H groups in total. The van der Waals surface area contributed by atoms with Crippen LogP contribution in [0.3, 0.4) is 0 Å². The van der Waals surface area contributed by atoms with Gasteiger partial charge in [-0.25, -0.2) is 0 Å². The summed E-state index contributed by atoms with van der Waals surface area (Å²) in [4.78, 5) is 31.6. The highest BCUT2D eigenvalue weighted by atomic mass is 32.2. The van der Waals surface area contributed by atoms with E-state index in [1.165, 1.54) is 11.8 Å². The van der Waals surface area contributed by atoms with Crippen molar-refractivity contribution in [1.82, 2.24) is 15.0 Å². The predicted molar refractivity (Wildman–Crippen MR) is 245 cm³/mol. The predicted octanol–water partition coefficient (Wildman–Crippen LogP) is 9.82. The van der Waals surface area contributed by atoms with Gasteiger partial charge in [0.2, 0.25) is 11.9 Å². The molecule has 0 amide bonds. The molecule has 0 atom stereocenters. The van der Waals surface area contributed by atoms with Crippen molar-refractivity contribution in [2.45, 2.75) is 70.2 Å². The molecule has 0 fully saturated rings. The van der Waals surface area contributed by atoms with Gasteiger partial charge in [-0.15, -0.1) is 21.6 Å². The van der Waals surface area contributed by atoms with E-state index in [0.717, 1.165) is 41.4 Å². The SMILES string of the molecule is CCN(CC)c1cc(Nc2nc(Nc3cc(N(CC)CC)c(OC)cc3N=Nc3sc4c(c3S(=O)(=O)O)CC(C)(C)CC4=O)nc(SCc3ccccc3)n2)c(N)cc1OC. The van der Waals surface area contributed by atoms with Crippen molar-refractivity contribution in [2.75, 3.05) is 66.6 Å². The lowest BCUT2D eigenvalue weighted by molar-refractivity contribution is 0.0916. The van der Waals surface area contributed by atoms with E-state index < -0.39 is 20.4 Å². The third kappa shape index (κ3) is 10.3. The van der Waals surface area contributed by atoms with Crippen LogP contribution in [0.5, 0.6) is 11.5 Å². The van der Waals surface area contributed by atoms with Gasteiger partial charge < -0.3 is 35.6 Å². The summed E-state index contributed by atoms with van der Waals surface area (Å²) in [7, 11) is -1.63. The first kappa shape index (κ1) is 45.0. The topological polar surface area (TPSA) is 210 Å². The number of nitrogens with two attached hydrogens (primary N) is 1. The van der Waals surface area contributed by atoms with E-state index >= 15 is 0 Å². The standard InChI is InChI=1S/C42H52N10O6S3/c1-9-51(10-2)31-19-28(27(43)18-34(31)57-7)44-39-46-40(48-41(47-39)59-24-25-16-14-13-15-17-25)45-29-20-32(52(11-3)12-4)35(58-8)21-30(29)49-50-38-37(61(54,55)56)26-22-42(5,6)23-33(53)36(26)60-38/h13-21H,9-12,22-24,43H2,1-8H3,(H,54,55,56)(H2,44,45,46,47,48). The molecule has 3 aromatic carbocycles. The molecule has 2 aromatic heterocycles. The molecule has 0 spiro atoms. The lowest BCUT2D eigenvalue weighted by Crippen LogP contribution is -2.26. The van der Waals surface area contributed by atoms with Crippen LogP contribution in [0.4, 0.5) is 51.0 Å². The normalized spacial score (nSPS) is 13.6. The van der Waals surface area contributed by atoms with Crippen LogP contribution in [-0.4, -0.2) is 74.1 Å². The van der Waals surface area contributed by atoms with Crippen molar-refractivity contribution in [3.8, 4) is 11.5 Å². The highest BCUT2D eigenvalue weighted by Crippen LogP contribution is 2.48. The zero-order valence-corrected chi connectivity index (χ0v) is 38.0. The van der Waals surface area contributed by atoms with Crippen molar-refractivity contribution >= 4 is 90.0 Å². The van der Waals surface area contributed by atoms with Crippen LogP contribution in [0.2, 0.25) is 0 Å². The summed E-state index contributed by atoms with van der Waals surface area (Å²) in [6.07, 6.45) is 0.504. The summed E-state index contributed by atoms with van der Waals surface area (Å²) in [5.74, 6) is 1.86. The molecule has 0 radical (unpaired) electrons. The van der Waals surface area contributed by atoms with Gasteiger partial charge in [0.05, 0.1) is 47.5 Å². The van der Waals surface area contributed by atoms with Crippen LogP contribution >= 0.6 is 23.1 Å². The summed E-state index contributed by atoms with van der Waals surface area (Å²) >= 11 is 2.31. The number of aromatic nitrogens is 3. The highest BCUT2D eigenvalue weighted by Gasteiger charge is 2.39. The number of carbonyl (C=O) groups is 1. The molecule has 19 heteroatoms. The number of hydrogen-bond donors (Lipinski definition) is 4. The Hall–Kier alpha value is -5.50. The van der Waals surface area contributed by atoms with Crippen LogP contribution in [0.15, 0.2) is 74.9 Å². The Morgan fingerprint density at radius 2 is 1.43 bits per heavy atom. The van der Waals surface area contributed by atoms with Gasteiger partial charge >= 0.3 is 0 Å². The molecule has 0 bridgehead atoms. The van der Waals surface area contributed by atoms with Crippen molar-refractivity contribution in [1.29, 1.82) is 0 Å². The minimum atomic E-state index is -4.78. The van der Waals surface area contributed by atoms with Crippen molar-refractivity contribution in [2.24, 2.45) is 15.6 Å². The molecule has 61 heavy (non-hydrogen) atoms. The summed E-state index contributed by atoms with van der Waals surface area (Å²) in [6, 6.07) is 17.1. The maximum atomic E-state index is 13.2. The maximum absolute atomic E-state index is 13.2. The van der Waals surface area contributed by atoms with E-state index in [1.807, 2.05) is 70.2 Å². The van der Waals surface area contributed by atoms with E-state index in [2.05, 4.69) is 44.5 Å². The molecule has 5 aromatic rings. The van der Waals surface area contributed by atoms with Gasteiger partial charge in [0.1, 0.15) is 22.1 Å². The van der Waals surface area contributed by atoms with E-state index in [-0.39, 0.29) is 51.7 Å². The van der Waals surface area contributed by atoms with Crippen LogP contribution in [0.25, 0.3) is 0 Å². The molecule has 324 valence electrons. The van der Waals surface area contributed by atoms with E-state index in [1.54, 1.807) is 26.4 Å². The van der Waals surface area contributed by atoms with Gasteiger partial charge in [0, 0.05) is 50.5 Å². The van der Waals surface area contributed by atoms with Crippen molar-refractivity contribution < 1.29 is 27.2 Å². The molecule has 0 saturated heterocycles. The average molecular weight is 889 g/mol. The lowest BCUT2D eigenvalue weighted by Gasteiger charge is -2.28. The van der Waals surface area contributed by atoms with Gasteiger partial charge in [-0.05, 0) is 62.8 Å². The molecule has 1 aliphatic carbocycles. The first-order chi connectivity index (χ1) is 29.1. The van der Waals surface area contributed by atoms with Crippen LogP contribution in [-0.2, 0) is 22.3 Å². The number of Topliss-reactive ketones (excluding diaryl/α,β-unsaturated/α-hetero) is 1. The first-order valence-corrected chi connectivity index (χ1v) is 23.1. The van der Waals surface area contributed by atoms with Crippen molar-refractivity contribution in [3.05, 3.63) is 70.6 Å². The molecule has 0 aliphatic heterocycles. The number of nitrogen functional groups attached to an aromatic ring is 1. The third-order valence-corrected chi connectivity index (χ3v) is 13.3. The van der Waals surface area contributed by atoms with E-state index in [4.69, 9.17) is 30.2 Å². The summed E-state index contributed by atoms with van der Waals surface area (Å²) in [5.41, 5.74) is 10.6. The minimum Gasteiger partial charge on any atom is -0.495 e. The van der Waals surface area contributed by atoms with Gasteiger partial charge in [-0.3, -0.25) is 9.35 Å². The number of benzene rings is 3. The van der Waals surface area contributed by atoms with Crippen molar-refractivity contribution in [3.63, 3.8) is 0 Å². The fourth-order valence-corrected chi connectivity index (χ4v) is 10.2. The zero-order chi connectivity index (χ0) is 44.1. The number of thiophene rings is 1. The number of hydrogen-bond acceptors (Lipinski definition) is 17. The Bertz CT molecular complexity index is 2520. The molecular weight excluding hydrogens is 837 g/mol. The number of rotatable bonds is 18. The number of azo groups is 1. The Kier molecular flexibility index (Phi) is 14.1. The van der Waals surface area contributed by atoms with Crippen LogP contribution < -0.4 is 35.6 Å². The lowest BCUT2D eigenvalue weighted by atomic mass is 9.76. The Morgan fingerprint density at radius 3 is 2.00 bits per heavy atom. The van der Waals surface area contributed by atoms with Gasteiger partial charge in [-0.2, -0.15) is 23.4 Å². The highest BCUT2D eigenvalue weighted by molar-refractivity contribution is 7.98. The maximum Gasteiger partial charge on any atom is 0.297 e. The fourth-order valence-electron chi connectivity index (χ4n) is 7.19. The second-order valence-electron chi connectivity index (χ2n) is 14.9. The Morgan fingerprint density at radius 1 is 0.852 bits per heavy atom. The number of ketones is 1. The number of carbonyl (C=O) groups excluding carboxylic acids is 1. The average Bonchev–Trinajstić information content (AvgIpc) is 3.60. The van der Waals surface area contributed by atoms with Crippen LogP contribution in [0.1, 0.15) is 68.8 Å². The van der Waals surface area contributed by atoms with E-state index in [0.29, 0.717) is 52.6 Å². The number of nitrogens with zero attached hydrogens (tertiary/aromatic N) is 7. The molecule has 0 unspecified atom stereocenters. The number of fused-ring (bicyclic) bond motifs is 1. The zero-order valence-electron chi connectivity index (χ0n) is 35.6. The van der Waals surface area contributed by atoms with Gasteiger partial charge in [-0.1, -0.05) is 55.9 Å². The number of ether oxygens (including phenoxy) is 2. The third-order valence-electron chi connectivity index (χ3n) is 10.2. The Labute approximate surface area is 365 Å². The first-order valence-electron chi connectivity index (χ1n) is 19.9. The molecule has 6 rings (SSSR count). The summed E-state index contributed by atoms with van der Waals surface area (Å²) < 4.78 is 47.6. The summed E-state index contributed by atoms with van der Waals surface area (Å²) in [6.45, 7) is 14.8. The van der Waals surface area contributed by atoms with Gasteiger partial charge in [0.25, 0.3) is 10.1 Å². The number of thioether (sulfide) groups is 1. The molecule has 1 aliphatic rings. The fraction of sp³-hybridized carbons (Fsp3) is 0.381. The minimum absolute atomic E-state index is 0.108. The second-order valence-corrected chi connectivity index (χ2v) is 18.2. The van der Waals surface area contributed by atoms with Crippen LogP contribution in [0, 0.1) is 5.41 Å². The van der Waals surface area contributed by atoms with Gasteiger partial charge in [0.15, 0.2) is 15.9 Å². The number of methoxy groups -OCH3 is 2. The molecule has 0 saturated carbocycles. The largest absolute Gasteiger partial charge is 0.495 e. The number of nitrogens with one attached hydrogen (secondary N) is 2. The smallest absolute Gasteiger partial charge is 0.297 e. The summed E-state index contributed by atoms with van der Waals surface area (Å²) in [5, 5.41) is 15.9. The molecule has 2 heterocycles. The quantitative estimate of drug-likeness (QED) is 0.0279. The Balaban J connectivity index is 1.47. The molecule has 16 nitrogen and oxygen atoms in total. The van der Waals surface area contributed by atoms with E-state index in [9.17, 15) is 17.8 Å². The molecular formula is C42H52N10O6S3.